The molecule has 0 aliphatic carbocycles. The summed E-state index contributed by atoms with van der Waals surface area (Å²) in [4.78, 5) is 17.9. The van der Waals surface area contributed by atoms with Gasteiger partial charge in [0.25, 0.3) is 5.89 Å². The Bertz CT molecular complexity index is 527. The number of alkyl halides is 1. The summed E-state index contributed by atoms with van der Waals surface area (Å²) in [6, 6.07) is -0.167. The molecule has 1 aromatic heterocycles. The average Bonchev–Trinajstić information content (AvgIpc) is 3.00. The zero-order valence-electron chi connectivity index (χ0n) is 14.7. The lowest BCUT2D eigenvalue weighted by atomic mass is 9.93. The third kappa shape index (κ3) is 4.90. The number of hydrogen-bond donors (Lipinski definition) is 1. The number of carbonyl (C=O) groups is 1. The van der Waals surface area contributed by atoms with Crippen molar-refractivity contribution in [2.24, 2.45) is 5.92 Å². The van der Waals surface area contributed by atoms with Crippen LogP contribution in [0.2, 0.25) is 0 Å². The highest BCUT2D eigenvalue weighted by atomic mass is 19.1. The van der Waals surface area contributed by atoms with E-state index in [1.54, 1.807) is 12.0 Å². The van der Waals surface area contributed by atoms with Crippen LogP contribution in [-0.2, 0) is 16.8 Å². The van der Waals surface area contributed by atoms with Gasteiger partial charge in [0.1, 0.15) is 0 Å². The number of piperidine rings is 1. The number of rotatable bonds is 7. The predicted molar refractivity (Wildman–Crippen MR) is 86.3 cm³/mol. The second kappa shape index (κ2) is 8.41. The Kier molecular flexibility index (Phi) is 6.53. The third-order valence-electron chi connectivity index (χ3n) is 4.09. The number of hydrogen-bond acceptors (Lipinski definition) is 5. The molecule has 0 radical (unpaired) electrons. The maximum Gasteiger partial charge on any atom is 0.317 e. The van der Waals surface area contributed by atoms with Gasteiger partial charge in [-0.15, -0.1) is 0 Å². The van der Waals surface area contributed by atoms with E-state index in [-0.39, 0.29) is 24.8 Å². The van der Waals surface area contributed by atoms with Crippen molar-refractivity contribution in [2.75, 3.05) is 33.4 Å². The standard InChI is InChI=1S/C16H27FN4O3/c1-12(2)11-13-19-14(24-20-13)16(17)5-8-21(9-6-16)15(22)18-7-4-10-23-3/h12H,4-11H2,1-3H3,(H,18,22). The van der Waals surface area contributed by atoms with Crippen molar-refractivity contribution in [3.05, 3.63) is 11.7 Å². The molecule has 0 atom stereocenters. The second-order valence-corrected chi connectivity index (χ2v) is 6.64. The van der Waals surface area contributed by atoms with Crippen molar-refractivity contribution < 1.29 is 18.4 Å². The van der Waals surface area contributed by atoms with E-state index in [1.165, 1.54) is 0 Å². The SMILES string of the molecule is COCCCNC(=O)N1CCC(F)(c2nc(CC(C)C)no2)CC1. The minimum atomic E-state index is -1.64. The van der Waals surface area contributed by atoms with Gasteiger partial charge in [-0.2, -0.15) is 4.98 Å². The van der Waals surface area contributed by atoms with Gasteiger partial charge in [-0.05, 0) is 12.3 Å². The Hall–Kier alpha value is -1.70. The monoisotopic (exact) mass is 342 g/mol. The maximum absolute atomic E-state index is 15.1. The summed E-state index contributed by atoms with van der Waals surface area (Å²) in [5, 5.41) is 6.67. The minimum absolute atomic E-state index is 0.0401. The van der Waals surface area contributed by atoms with Crippen molar-refractivity contribution in [3.8, 4) is 0 Å². The number of urea groups is 1. The number of aromatic nitrogens is 2. The van der Waals surface area contributed by atoms with Gasteiger partial charge < -0.3 is 19.5 Å². The summed E-state index contributed by atoms with van der Waals surface area (Å²) in [5.74, 6) is 0.961. The molecule has 1 saturated heterocycles. The fourth-order valence-corrected chi connectivity index (χ4v) is 2.69. The van der Waals surface area contributed by atoms with Gasteiger partial charge in [0.05, 0.1) is 0 Å². The van der Waals surface area contributed by atoms with Gasteiger partial charge >= 0.3 is 6.03 Å². The van der Waals surface area contributed by atoms with Crippen LogP contribution in [0.4, 0.5) is 9.18 Å². The molecule has 1 aromatic rings. The Morgan fingerprint density at radius 2 is 2.17 bits per heavy atom. The minimum Gasteiger partial charge on any atom is -0.385 e. The molecule has 24 heavy (non-hydrogen) atoms. The largest absolute Gasteiger partial charge is 0.385 e. The lowest BCUT2D eigenvalue weighted by molar-refractivity contribution is 0.0390. The molecular weight excluding hydrogens is 315 g/mol. The van der Waals surface area contributed by atoms with Crippen LogP contribution in [-0.4, -0.2) is 54.4 Å². The van der Waals surface area contributed by atoms with E-state index in [0.29, 0.717) is 44.4 Å². The van der Waals surface area contributed by atoms with Crippen molar-refractivity contribution in [1.29, 1.82) is 0 Å². The molecule has 0 spiro atoms. The van der Waals surface area contributed by atoms with Crippen molar-refractivity contribution in [2.45, 2.75) is 45.2 Å². The molecule has 2 heterocycles. The first-order valence-corrected chi connectivity index (χ1v) is 8.48. The smallest absolute Gasteiger partial charge is 0.317 e. The molecule has 2 amide bonds. The van der Waals surface area contributed by atoms with Gasteiger partial charge in [-0.1, -0.05) is 19.0 Å². The summed E-state index contributed by atoms with van der Waals surface area (Å²) in [5.41, 5.74) is -1.64. The van der Waals surface area contributed by atoms with E-state index in [1.807, 2.05) is 13.8 Å². The topological polar surface area (TPSA) is 80.5 Å². The average molecular weight is 342 g/mol. The molecule has 0 aromatic carbocycles. The van der Waals surface area contributed by atoms with Crippen molar-refractivity contribution in [1.82, 2.24) is 20.4 Å². The first-order chi connectivity index (χ1) is 11.4. The molecule has 7 nitrogen and oxygen atoms in total. The van der Waals surface area contributed by atoms with Gasteiger partial charge in [0.2, 0.25) is 0 Å². The summed E-state index contributed by atoms with van der Waals surface area (Å²) < 4.78 is 25.1. The highest BCUT2D eigenvalue weighted by Crippen LogP contribution is 2.36. The molecule has 1 N–H and O–H groups in total. The van der Waals surface area contributed by atoms with Gasteiger partial charge in [-0.25, -0.2) is 9.18 Å². The first-order valence-electron chi connectivity index (χ1n) is 8.48. The lowest BCUT2D eigenvalue weighted by Crippen LogP contribution is -2.47. The molecular formula is C16H27FN4O3. The maximum atomic E-state index is 15.1. The van der Waals surface area contributed by atoms with Crippen LogP contribution in [0, 0.1) is 5.92 Å². The third-order valence-corrected chi connectivity index (χ3v) is 4.09. The molecule has 0 saturated carbocycles. The van der Waals surface area contributed by atoms with Crippen LogP contribution < -0.4 is 5.32 Å². The lowest BCUT2D eigenvalue weighted by Gasteiger charge is -2.34. The number of amides is 2. The Labute approximate surface area is 141 Å². The van der Waals surface area contributed by atoms with Gasteiger partial charge in [0, 0.05) is 52.6 Å². The summed E-state index contributed by atoms with van der Waals surface area (Å²) in [6.07, 6.45) is 1.75. The van der Waals surface area contributed by atoms with Gasteiger partial charge in [-0.3, -0.25) is 0 Å². The highest BCUT2D eigenvalue weighted by Gasteiger charge is 2.42. The van der Waals surface area contributed by atoms with E-state index in [4.69, 9.17) is 9.26 Å². The number of nitrogens with one attached hydrogen (secondary N) is 1. The van der Waals surface area contributed by atoms with Gasteiger partial charge in [0.15, 0.2) is 11.5 Å². The van der Waals surface area contributed by atoms with E-state index in [9.17, 15) is 4.79 Å². The zero-order chi connectivity index (χ0) is 17.6. The van der Waals surface area contributed by atoms with Crippen LogP contribution in [0.15, 0.2) is 4.52 Å². The Morgan fingerprint density at radius 3 is 2.79 bits per heavy atom. The fraction of sp³-hybridized carbons (Fsp3) is 0.812. The highest BCUT2D eigenvalue weighted by molar-refractivity contribution is 5.74. The normalized spacial score (nSPS) is 17.3. The van der Waals surface area contributed by atoms with Crippen LogP contribution in [0.1, 0.15) is 44.8 Å². The predicted octanol–water partition coefficient (Wildman–Crippen LogP) is 2.27. The van der Waals surface area contributed by atoms with Crippen LogP contribution in [0.25, 0.3) is 0 Å². The molecule has 2 rings (SSSR count). The fourth-order valence-electron chi connectivity index (χ4n) is 2.69. The van der Waals surface area contributed by atoms with Crippen LogP contribution >= 0.6 is 0 Å². The number of methoxy groups -OCH3 is 1. The number of ether oxygens (including phenoxy) is 1. The van der Waals surface area contributed by atoms with Crippen LogP contribution in [0.5, 0.6) is 0 Å². The molecule has 8 heteroatoms. The summed E-state index contributed by atoms with van der Waals surface area (Å²) in [6.45, 7) is 5.90. The molecule has 1 aliphatic rings. The number of carbonyl (C=O) groups excluding carboxylic acids is 1. The second-order valence-electron chi connectivity index (χ2n) is 6.64. The molecule has 0 bridgehead atoms. The quantitative estimate of drug-likeness (QED) is 0.769. The van der Waals surface area contributed by atoms with E-state index < -0.39 is 5.67 Å². The summed E-state index contributed by atoms with van der Waals surface area (Å²) in [7, 11) is 1.62. The molecule has 1 fully saturated rings. The summed E-state index contributed by atoms with van der Waals surface area (Å²) >= 11 is 0. The molecule has 136 valence electrons. The first kappa shape index (κ1) is 18.6. The Balaban J connectivity index is 1.84. The van der Waals surface area contributed by atoms with E-state index in [0.717, 1.165) is 6.42 Å². The van der Waals surface area contributed by atoms with E-state index in [2.05, 4.69) is 15.5 Å². The van der Waals surface area contributed by atoms with Crippen molar-refractivity contribution in [3.63, 3.8) is 0 Å². The number of likely N-dealkylation sites (tertiary alicyclic amines) is 1. The molecule has 0 unspecified atom stereocenters. The van der Waals surface area contributed by atoms with E-state index >= 15 is 4.39 Å². The number of halogens is 1. The number of nitrogens with zero attached hydrogens (tertiary/aromatic N) is 3. The van der Waals surface area contributed by atoms with Crippen LogP contribution in [0.3, 0.4) is 0 Å². The van der Waals surface area contributed by atoms with Crippen molar-refractivity contribution >= 4 is 6.03 Å². The molecule has 1 aliphatic heterocycles. The Morgan fingerprint density at radius 1 is 1.46 bits per heavy atom. The zero-order valence-corrected chi connectivity index (χ0v) is 14.7.